The van der Waals surface area contributed by atoms with E-state index in [2.05, 4.69) is 5.32 Å². The van der Waals surface area contributed by atoms with E-state index in [-0.39, 0.29) is 19.1 Å². The van der Waals surface area contributed by atoms with Crippen LogP contribution in [0.2, 0.25) is 0 Å². The third kappa shape index (κ3) is 2.73. The second kappa shape index (κ2) is 5.32. The van der Waals surface area contributed by atoms with Crippen LogP contribution < -0.4 is 10.1 Å². The van der Waals surface area contributed by atoms with Gasteiger partial charge in [0.2, 0.25) is 0 Å². The number of carbonyl (C=O) groups is 1. The third-order valence-electron chi connectivity index (χ3n) is 2.33. The topological polar surface area (TPSA) is 58.6 Å². The zero-order valence-corrected chi connectivity index (χ0v) is 9.22. The van der Waals surface area contributed by atoms with Crippen LogP contribution in [-0.4, -0.2) is 24.2 Å². The Hall–Kier alpha value is -2.07. The van der Waals surface area contributed by atoms with E-state index in [1.54, 1.807) is 12.2 Å². The van der Waals surface area contributed by atoms with Crippen molar-refractivity contribution in [1.29, 1.82) is 0 Å². The fourth-order valence-corrected chi connectivity index (χ4v) is 1.52. The maximum Gasteiger partial charge on any atom is 0.251 e. The maximum atomic E-state index is 11.7. The first-order chi connectivity index (χ1) is 8.31. The van der Waals surface area contributed by atoms with E-state index in [0.29, 0.717) is 11.3 Å². The minimum absolute atomic E-state index is 0.0736. The van der Waals surface area contributed by atoms with Gasteiger partial charge in [-0.3, -0.25) is 4.79 Å². The number of para-hydroxylation sites is 1. The molecule has 0 aliphatic carbocycles. The Balaban J connectivity index is 2.24. The molecule has 17 heavy (non-hydrogen) atoms. The van der Waals surface area contributed by atoms with Crippen molar-refractivity contribution in [3.63, 3.8) is 0 Å². The zero-order chi connectivity index (χ0) is 12.1. The van der Waals surface area contributed by atoms with E-state index in [1.807, 2.05) is 24.3 Å². The van der Waals surface area contributed by atoms with Gasteiger partial charge < -0.3 is 15.2 Å². The van der Waals surface area contributed by atoms with E-state index in [9.17, 15) is 4.79 Å². The first kappa shape index (κ1) is 11.4. The number of fused-ring (bicyclic) bond motifs is 1. The number of hydrogen-bond acceptors (Lipinski definition) is 3. The predicted molar refractivity (Wildman–Crippen MR) is 64.3 cm³/mol. The summed E-state index contributed by atoms with van der Waals surface area (Å²) in [6.07, 6.45) is 4.84. The monoisotopic (exact) mass is 231 g/mol. The van der Waals surface area contributed by atoms with E-state index in [0.717, 1.165) is 5.56 Å². The van der Waals surface area contributed by atoms with E-state index < -0.39 is 0 Å². The summed E-state index contributed by atoms with van der Waals surface area (Å²) in [5.74, 6) is 0.490. The van der Waals surface area contributed by atoms with Gasteiger partial charge in [-0.2, -0.15) is 0 Å². The van der Waals surface area contributed by atoms with Crippen molar-refractivity contribution >= 4 is 12.0 Å². The molecule has 0 spiro atoms. The molecule has 0 bridgehead atoms. The maximum absolute atomic E-state index is 11.7. The summed E-state index contributed by atoms with van der Waals surface area (Å²) >= 11 is 0. The van der Waals surface area contributed by atoms with Gasteiger partial charge in [0.05, 0.1) is 12.9 Å². The number of carbonyl (C=O) groups excluding carboxylic acids is 1. The summed E-state index contributed by atoms with van der Waals surface area (Å²) in [6.45, 7) is 0.169. The van der Waals surface area contributed by atoms with Crippen LogP contribution in [0.15, 0.2) is 42.2 Å². The summed E-state index contributed by atoms with van der Waals surface area (Å²) in [7, 11) is 0. The molecule has 88 valence electrons. The van der Waals surface area contributed by atoms with Gasteiger partial charge in [-0.1, -0.05) is 18.2 Å². The number of aliphatic hydroxyl groups is 1. The van der Waals surface area contributed by atoms with Crippen molar-refractivity contribution in [2.75, 3.05) is 13.2 Å². The minimum Gasteiger partial charge on any atom is -0.464 e. The zero-order valence-electron chi connectivity index (χ0n) is 9.22. The summed E-state index contributed by atoms with van der Waals surface area (Å²) in [5, 5.41) is 11.2. The number of aliphatic hydroxyl groups excluding tert-OH is 1. The predicted octanol–water partition coefficient (Wildman–Crippen LogP) is 1.08. The lowest BCUT2D eigenvalue weighted by atomic mass is 10.1. The molecule has 2 rings (SSSR count). The van der Waals surface area contributed by atoms with Crippen LogP contribution in [0.5, 0.6) is 5.75 Å². The molecule has 1 aliphatic rings. The highest BCUT2D eigenvalue weighted by molar-refractivity contribution is 6.01. The van der Waals surface area contributed by atoms with Crippen molar-refractivity contribution in [3.05, 3.63) is 47.7 Å². The van der Waals surface area contributed by atoms with Gasteiger partial charge >= 0.3 is 0 Å². The smallest absolute Gasteiger partial charge is 0.251 e. The second-order valence-corrected chi connectivity index (χ2v) is 3.54. The summed E-state index contributed by atoms with van der Waals surface area (Å²) in [4.78, 5) is 11.7. The molecule has 1 heterocycles. The quantitative estimate of drug-likeness (QED) is 0.818. The number of benzene rings is 1. The van der Waals surface area contributed by atoms with Crippen LogP contribution in [0.1, 0.15) is 5.56 Å². The first-order valence-electron chi connectivity index (χ1n) is 5.34. The van der Waals surface area contributed by atoms with Gasteiger partial charge in [0.25, 0.3) is 5.91 Å². The number of hydrogen-bond donors (Lipinski definition) is 2. The average molecular weight is 231 g/mol. The molecular formula is C13H13NO3. The van der Waals surface area contributed by atoms with Gasteiger partial charge in [-0.05, 0) is 18.2 Å². The van der Waals surface area contributed by atoms with Crippen LogP contribution in [-0.2, 0) is 4.79 Å². The fraction of sp³-hybridized carbons (Fsp3) is 0.154. The molecule has 0 fully saturated rings. The fourth-order valence-electron chi connectivity index (χ4n) is 1.52. The molecule has 4 heteroatoms. The summed E-state index contributed by atoms with van der Waals surface area (Å²) in [5.41, 5.74) is 1.36. The largest absolute Gasteiger partial charge is 0.464 e. The standard InChI is InChI=1S/C13H13NO3/c15-7-6-14-13(16)11-5-8-17-12-4-2-1-3-10(12)9-11/h1-5,8-9,15H,6-7H2,(H,14,16). The Morgan fingerprint density at radius 2 is 2.18 bits per heavy atom. The molecule has 4 nitrogen and oxygen atoms in total. The van der Waals surface area contributed by atoms with Gasteiger partial charge in [0.1, 0.15) is 5.75 Å². The minimum atomic E-state index is -0.226. The molecule has 0 saturated carbocycles. The molecule has 2 N–H and O–H groups in total. The lowest BCUT2D eigenvalue weighted by molar-refractivity contribution is -0.117. The van der Waals surface area contributed by atoms with Crippen molar-refractivity contribution in [3.8, 4) is 5.75 Å². The van der Waals surface area contributed by atoms with Crippen molar-refractivity contribution in [2.45, 2.75) is 0 Å². The Morgan fingerprint density at radius 3 is 3.00 bits per heavy atom. The van der Waals surface area contributed by atoms with Gasteiger partial charge in [-0.15, -0.1) is 0 Å². The Kier molecular flexibility index (Phi) is 3.57. The molecule has 1 aromatic rings. The molecule has 1 aliphatic heterocycles. The van der Waals surface area contributed by atoms with Gasteiger partial charge in [-0.25, -0.2) is 0 Å². The van der Waals surface area contributed by atoms with Crippen molar-refractivity contribution in [1.82, 2.24) is 5.32 Å². The number of nitrogens with one attached hydrogen (secondary N) is 1. The Morgan fingerprint density at radius 1 is 1.35 bits per heavy atom. The van der Waals surface area contributed by atoms with Crippen LogP contribution >= 0.6 is 0 Å². The van der Waals surface area contributed by atoms with Gasteiger partial charge in [0.15, 0.2) is 0 Å². The van der Waals surface area contributed by atoms with E-state index >= 15 is 0 Å². The lowest BCUT2D eigenvalue weighted by Crippen LogP contribution is -2.27. The van der Waals surface area contributed by atoms with Crippen molar-refractivity contribution < 1.29 is 14.6 Å². The van der Waals surface area contributed by atoms with Crippen LogP contribution in [0.4, 0.5) is 0 Å². The van der Waals surface area contributed by atoms with Crippen LogP contribution in [0.25, 0.3) is 6.08 Å². The highest BCUT2D eigenvalue weighted by Gasteiger charge is 2.10. The highest BCUT2D eigenvalue weighted by Crippen LogP contribution is 2.24. The number of amides is 1. The lowest BCUT2D eigenvalue weighted by Gasteiger charge is -2.03. The SMILES string of the molecule is O=C(NCCO)C1=Cc2ccccc2OC=C1. The summed E-state index contributed by atoms with van der Waals surface area (Å²) in [6, 6.07) is 7.47. The highest BCUT2D eigenvalue weighted by atomic mass is 16.5. The molecular weight excluding hydrogens is 218 g/mol. The van der Waals surface area contributed by atoms with Gasteiger partial charge in [0, 0.05) is 17.7 Å². The van der Waals surface area contributed by atoms with E-state index in [4.69, 9.17) is 9.84 Å². The molecule has 0 unspecified atom stereocenters. The average Bonchev–Trinajstić information content (AvgIpc) is 2.58. The van der Waals surface area contributed by atoms with Crippen LogP contribution in [0, 0.1) is 0 Å². The van der Waals surface area contributed by atoms with E-state index in [1.165, 1.54) is 6.26 Å². The second-order valence-electron chi connectivity index (χ2n) is 3.54. The normalized spacial score (nSPS) is 13.1. The molecule has 1 amide bonds. The first-order valence-corrected chi connectivity index (χ1v) is 5.34. The molecule has 0 saturated heterocycles. The third-order valence-corrected chi connectivity index (χ3v) is 2.33. The molecule has 0 radical (unpaired) electrons. The Labute approximate surface area is 99.2 Å². The number of rotatable bonds is 3. The number of ether oxygens (including phenoxy) is 1. The van der Waals surface area contributed by atoms with Crippen LogP contribution in [0.3, 0.4) is 0 Å². The molecule has 0 aromatic heterocycles. The molecule has 0 atom stereocenters. The summed E-state index contributed by atoms with van der Waals surface area (Å²) < 4.78 is 5.37. The molecule has 1 aromatic carbocycles. The Bertz CT molecular complexity index is 477. The van der Waals surface area contributed by atoms with Crippen molar-refractivity contribution in [2.24, 2.45) is 0 Å².